The van der Waals surface area contributed by atoms with Crippen LogP contribution in [0.5, 0.6) is 5.75 Å². The van der Waals surface area contributed by atoms with Crippen molar-refractivity contribution >= 4 is 5.78 Å². The van der Waals surface area contributed by atoms with Crippen molar-refractivity contribution < 1.29 is 9.53 Å². The van der Waals surface area contributed by atoms with Gasteiger partial charge in [-0.3, -0.25) is 9.69 Å². The fraction of sp³-hybridized carbons (Fsp3) is 0.682. The Kier molecular flexibility index (Phi) is 7.51. The van der Waals surface area contributed by atoms with Gasteiger partial charge in [-0.2, -0.15) is 0 Å². The van der Waals surface area contributed by atoms with Crippen LogP contribution in [-0.4, -0.2) is 61.0 Å². The van der Waals surface area contributed by atoms with Crippen LogP contribution in [-0.2, 0) is 0 Å². The number of benzene rings is 1. The third-order valence-corrected chi connectivity index (χ3v) is 5.79. The molecule has 4 heteroatoms. The van der Waals surface area contributed by atoms with Crippen molar-refractivity contribution in [1.29, 1.82) is 0 Å². The number of likely N-dealkylation sites (tertiary alicyclic amines) is 2. The van der Waals surface area contributed by atoms with Crippen LogP contribution in [0.3, 0.4) is 0 Å². The molecule has 0 radical (unpaired) electrons. The van der Waals surface area contributed by atoms with Crippen LogP contribution in [0.2, 0.25) is 0 Å². The molecule has 2 aliphatic heterocycles. The topological polar surface area (TPSA) is 32.8 Å². The summed E-state index contributed by atoms with van der Waals surface area (Å²) in [6, 6.07) is 7.70. The van der Waals surface area contributed by atoms with Crippen molar-refractivity contribution in [1.82, 2.24) is 9.80 Å². The molecule has 0 saturated carbocycles. The first-order valence-electron chi connectivity index (χ1n) is 10.5. The van der Waals surface area contributed by atoms with Crippen molar-refractivity contribution in [3.8, 4) is 5.75 Å². The highest BCUT2D eigenvalue weighted by Gasteiger charge is 2.23. The molecule has 144 valence electrons. The first kappa shape index (κ1) is 19.4. The largest absolute Gasteiger partial charge is 0.494 e. The van der Waals surface area contributed by atoms with E-state index in [2.05, 4.69) is 9.80 Å². The van der Waals surface area contributed by atoms with Gasteiger partial charge < -0.3 is 9.64 Å². The van der Waals surface area contributed by atoms with Gasteiger partial charge in [0.1, 0.15) is 5.75 Å². The molecule has 3 rings (SSSR count). The standard InChI is InChI=1S/C22H34N2O2/c1-19(24-16-6-3-7-17-24)22(25)20-9-11-21(12-10-20)26-18-8-15-23-13-4-2-5-14-23/h9-12,19H,2-8,13-18H2,1H3. The van der Waals surface area contributed by atoms with E-state index in [9.17, 15) is 4.79 Å². The van der Waals surface area contributed by atoms with E-state index in [-0.39, 0.29) is 11.8 Å². The highest BCUT2D eigenvalue weighted by Crippen LogP contribution is 2.18. The van der Waals surface area contributed by atoms with E-state index in [1.807, 2.05) is 31.2 Å². The van der Waals surface area contributed by atoms with Gasteiger partial charge in [-0.05, 0) is 89.5 Å². The van der Waals surface area contributed by atoms with Crippen LogP contribution in [0.4, 0.5) is 0 Å². The molecule has 1 aromatic carbocycles. The maximum absolute atomic E-state index is 12.7. The number of ketones is 1. The Morgan fingerprint density at radius 3 is 2.23 bits per heavy atom. The molecule has 2 fully saturated rings. The summed E-state index contributed by atoms with van der Waals surface area (Å²) in [4.78, 5) is 17.6. The molecule has 0 aliphatic carbocycles. The molecule has 26 heavy (non-hydrogen) atoms. The molecular weight excluding hydrogens is 324 g/mol. The number of carbonyl (C=O) groups is 1. The lowest BCUT2D eigenvalue weighted by Crippen LogP contribution is -2.42. The van der Waals surface area contributed by atoms with Gasteiger partial charge in [0, 0.05) is 12.1 Å². The smallest absolute Gasteiger partial charge is 0.179 e. The molecule has 1 unspecified atom stereocenters. The van der Waals surface area contributed by atoms with E-state index in [4.69, 9.17) is 4.74 Å². The maximum Gasteiger partial charge on any atom is 0.179 e. The van der Waals surface area contributed by atoms with Crippen LogP contribution in [0.1, 0.15) is 62.2 Å². The van der Waals surface area contributed by atoms with Crippen LogP contribution < -0.4 is 4.74 Å². The minimum atomic E-state index is -0.0217. The van der Waals surface area contributed by atoms with Crippen molar-refractivity contribution in [2.24, 2.45) is 0 Å². The number of rotatable bonds is 8. The zero-order valence-electron chi connectivity index (χ0n) is 16.3. The lowest BCUT2D eigenvalue weighted by atomic mass is 10.0. The van der Waals surface area contributed by atoms with E-state index in [0.29, 0.717) is 0 Å². The second-order valence-electron chi connectivity index (χ2n) is 7.77. The molecule has 0 amide bonds. The SMILES string of the molecule is CC(C(=O)c1ccc(OCCCN2CCCCC2)cc1)N1CCCCC1. The van der Waals surface area contributed by atoms with Crippen molar-refractivity contribution in [2.45, 2.75) is 57.9 Å². The average Bonchev–Trinajstić information content (AvgIpc) is 2.72. The normalized spacial score (nSPS) is 20.7. The number of ether oxygens (including phenoxy) is 1. The average molecular weight is 359 g/mol. The summed E-state index contributed by atoms with van der Waals surface area (Å²) in [6.07, 6.45) is 8.84. The number of hydrogen-bond donors (Lipinski definition) is 0. The van der Waals surface area contributed by atoms with Crippen LogP contribution in [0.15, 0.2) is 24.3 Å². The van der Waals surface area contributed by atoms with Gasteiger partial charge >= 0.3 is 0 Å². The molecule has 0 N–H and O–H groups in total. The third kappa shape index (κ3) is 5.55. The van der Waals surface area contributed by atoms with E-state index in [0.717, 1.165) is 44.0 Å². The second kappa shape index (κ2) is 10.1. The Bertz CT molecular complexity index is 546. The third-order valence-electron chi connectivity index (χ3n) is 5.79. The summed E-state index contributed by atoms with van der Waals surface area (Å²) >= 11 is 0. The molecule has 0 bridgehead atoms. The minimum Gasteiger partial charge on any atom is -0.494 e. The number of Topliss-reactive ketones (excluding diaryl/α,β-unsaturated/α-hetero) is 1. The number of nitrogens with zero attached hydrogens (tertiary/aromatic N) is 2. The predicted octanol–water partition coefficient (Wildman–Crippen LogP) is 4.00. The van der Waals surface area contributed by atoms with Crippen molar-refractivity contribution in [3.05, 3.63) is 29.8 Å². The first-order valence-corrected chi connectivity index (χ1v) is 10.5. The number of carbonyl (C=O) groups excluding carboxylic acids is 1. The molecule has 0 spiro atoms. The number of piperidine rings is 2. The van der Waals surface area contributed by atoms with Crippen LogP contribution in [0.25, 0.3) is 0 Å². The van der Waals surface area contributed by atoms with Crippen molar-refractivity contribution in [3.63, 3.8) is 0 Å². The van der Waals surface area contributed by atoms with Crippen LogP contribution in [0, 0.1) is 0 Å². The molecule has 1 atom stereocenters. The Labute approximate surface area is 158 Å². The van der Waals surface area contributed by atoms with E-state index >= 15 is 0 Å². The minimum absolute atomic E-state index is 0.0217. The Hall–Kier alpha value is -1.39. The summed E-state index contributed by atoms with van der Waals surface area (Å²) in [5.41, 5.74) is 0.795. The summed E-state index contributed by atoms with van der Waals surface area (Å²) < 4.78 is 5.86. The molecule has 0 aromatic heterocycles. The van der Waals surface area contributed by atoms with Crippen molar-refractivity contribution in [2.75, 3.05) is 39.3 Å². The Morgan fingerprint density at radius 2 is 1.58 bits per heavy atom. The van der Waals surface area contributed by atoms with Gasteiger partial charge in [0.05, 0.1) is 12.6 Å². The van der Waals surface area contributed by atoms with Gasteiger partial charge in [0.15, 0.2) is 5.78 Å². The molecular formula is C22H34N2O2. The van der Waals surface area contributed by atoms with Gasteiger partial charge in [-0.25, -0.2) is 0 Å². The molecule has 2 aliphatic rings. The fourth-order valence-electron chi connectivity index (χ4n) is 4.09. The van der Waals surface area contributed by atoms with E-state index < -0.39 is 0 Å². The lowest BCUT2D eigenvalue weighted by molar-refractivity contribution is 0.0809. The number of hydrogen-bond acceptors (Lipinski definition) is 4. The van der Waals surface area contributed by atoms with E-state index in [1.165, 1.54) is 51.6 Å². The summed E-state index contributed by atoms with van der Waals surface area (Å²) in [5.74, 6) is 1.09. The van der Waals surface area contributed by atoms with Crippen LogP contribution >= 0.6 is 0 Å². The quantitative estimate of drug-likeness (QED) is 0.519. The van der Waals surface area contributed by atoms with E-state index in [1.54, 1.807) is 0 Å². The summed E-state index contributed by atoms with van der Waals surface area (Å²) in [7, 11) is 0. The van der Waals surface area contributed by atoms with Gasteiger partial charge in [-0.15, -0.1) is 0 Å². The predicted molar refractivity (Wildman–Crippen MR) is 106 cm³/mol. The van der Waals surface area contributed by atoms with Gasteiger partial charge in [0.25, 0.3) is 0 Å². The fourth-order valence-corrected chi connectivity index (χ4v) is 4.09. The highest BCUT2D eigenvalue weighted by molar-refractivity contribution is 5.99. The summed E-state index contributed by atoms with van der Waals surface area (Å²) in [5, 5.41) is 0. The molecule has 4 nitrogen and oxygen atoms in total. The Balaban J connectivity index is 1.41. The molecule has 2 heterocycles. The second-order valence-corrected chi connectivity index (χ2v) is 7.77. The summed E-state index contributed by atoms with van der Waals surface area (Å²) in [6.45, 7) is 8.49. The zero-order chi connectivity index (χ0) is 18.2. The van der Waals surface area contributed by atoms with Gasteiger partial charge in [-0.1, -0.05) is 12.8 Å². The highest BCUT2D eigenvalue weighted by atomic mass is 16.5. The first-order chi connectivity index (χ1) is 12.7. The molecule has 2 saturated heterocycles. The Morgan fingerprint density at radius 1 is 0.962 bits per heavy atom. The molecule has 1 aromatic rings. The zero-order valence-corrected chi connectivity index (χ0v) is 16.3. The lowest BCUT2D eigenvalue weighted by Gasteiger charge is -2.31. The maximum atomic E-state index is 12.7. The monoisotopic (exact) mass is 358 g/mol. The van der Waals surface area contributed by atoms with Gasteiger partial charge in [0.2, 0.25) is 0 Å².